The lowest BCUT2D eigenvalue weighted by Crippen LogP contribution is -1.85. The van der Waals surface area contributed by atoms with E-state index < -0.39 is 0 Å². The van der Waals surface area contributed by atoms with E-state index in [0.29, 0.717) is 5.15 Å². The van der Waals surface area contributed by atoms with Gasteiger partial charge in [-0.1, -0.05) is 45.0 Å². The molecule has 2 rings (SSSR count). The zero-order valence-electron chi connectivity index (χ0n) is 7.96. The van der Waals surface area contributed by atoms with Crippen molar-refractivity contribution in [2.75, 3.05) is 0 Å². The monoisotopic (exact) mass is 244 g/mol. The number of hydrogen-bond donors (Lipinski definition) is 0. The van der Waals surface area contributed by atoms with Crippen LogP contribution in [0.25, 0.3) is 10.9 Å². The van der Waals surface area contributed by atoms with Crippen LogP contribution in [0.4, 0.5) is 0 Å². The van der Waals surface area contributed by atoms with Crippen molar-refractivity contribution in [2.24, 2.45) is 0 Å². The predicted octanol–water partition coefficient (Wildman–Crippen LogP) is 4.60. The van der Waals surface area contributed by atoms with Crippen LogP contribution in [-0.4, -0.2) is 9.97 Å². The summed E-state index contributed by atoms with van der Waals surface area (Å²) in [5, 5.41) is 1.40. The van der Waals surface area contributed by atoms with Crippen molar-refractivity contribution in [3.8, 4) is 0 Å². The van der Waals surface area contributed by atoms with E-state index >= 15 is 0 Å². The lowest BCUT2D eigenvalue weighted by Gasteiger charge is -1.97. The smallest absolute Gasteiger partial charge is 0.218 e. The van der Waals surface area contributed by atoms with Crippen LogP contribution in [0, 0.1) is 0 Å². The molecule has 2 nitrogen and oxygen atoms in total. The summed E-state index contributed by atoms with van der Waals surface area (Å²) < 4.78 is 0. The van der Waals surface area contributed by atoms with Crippen molar-refractivity contribution in [3.05, 3.63) is 34.7 Å². The Morgan fingerprint density at radius 3 is 2.27 bits per heavy atom. The molecule has 1 aromatic heterocycles. The Hall–Kier alpha value is -0.860. The average Bonchev–Trinajstić information content (AvgIpc) is 2.20. The third-order valence-corrected chi connectivity index (χ3v) is 1.99. The van der Waals surface area contributed by atoms with Crippen LogP contribution in [0.3, 0.4) is 0 Å². The third kappa shape index (κ3) is 3.33. The van der Waals surface area contributed by atoms with Crippen LogP contribution < -0.4 is 0 Å². The quantitative estimate of drug-likeness (QED) is 0.500. The molecule has 0 aliphatic carbocycles. The van der Waals surface area contributed by atoms with Gasteiger partial charge in [0.15, 0.2) is 0 Å². The highest BCUT2D eigenvalue weighted by atomic mass is 35.5. The van der Waals surface area contributed by atoms with Crippen LogP contribution in [0.2, 0.25) is 10.4 Å². The molecule has 0 saturated carbocycles. The number of nitrogens with zero attached hydrogens (tertiary/aromatic N) is 2. The molecule has 0 unspecified atom stereocenters. The molecule has 0 saturated heterocycles. The summed E-state index contributed by atoms with van der Waals surface area (Å²) in [5.74, 6) is 0. The van der Waals surface area contributed by atoms with E-state index in [1.165, 1.54) is 0 Å². The highest BCUT2D eigenvalue weighted by molar-refractivity contribution is 6.35. The number of hydrogen-bond acceptors (Lipinski definition) is 2. The van der Waals surface area contributed by atoms with Gasteiger partial charge in [-0.3, -0.25) is 0 Å². The number of rotatable bonds is 0. The highest BCUT2D eigenvalue weighted by Gasteiger charge is 2.01. The zero-order chi connectivity index (χ0) is 10.6. The van der Waals surface area contributed by atoms with Crippen molar-refractivity contribution in [1.82, 2.24) is 9.97 Å². The van der Waals surface area contributed by atoms with Crippen LogP contribution in [0.5, 0.6) is 0 Å². The van der Waals surface area contributed by atoms with E-state index in [0.717, 1.165) is 10.9 Å². The zero-order valence-corrected chi connectivity index (χ0v) is 9.47. The molecule has 15 heavy (non-hydrogen) atoms. The van der Waals surface area contributed by atoms with Crippen LogP contribution in [-0.2, 0) is 0 Å². The average molecular weight is 245 g/mol. The molecule has 0 N–H and O–H groups in total. The molecule has 0 fully saturated rings. The fourth-order valence-electron chi connectivity index (χ4n) is 1.01. The van der Waals surface area contributed by atoms with Crippen molar-refractivity contribution in [2.45, 2.75) is 21.3 Å². The van der Waals surface area contributed by atoms with Crippen molar-refractivity contribution in [3.63, 3.8) is 0 Å². The summed E-state index contributed by atoms with van der Waals surface area (Å²) in [6, 6.07) is 7.45. The molecule has 0 radical (unpaired) electrons. The first-order valence-corrected chi connectivity index (χ1v) is 5.11. The van der Waals surface area contributed by atoms with E-state index in [-0.39, 0.29) is 12.7 Å². The molecule has 0 spiro atoms. The summed E-state index contributed by atoms with van der Waals surface area (Å²) in [7, 11) is 0. The van der Waals surface area contributed by atoms with Gasteiger partial charge in [-0.05, 0) is 23.7 Å². The molecule has 0 atom stereocenters. The van der Waals surface area contributed by atoms with Crippen LogP contribution in [0.1, 0.15) is 21.3 Å². The lowest BCUT2D eigenvalue weighted by molar-refractivity contribution is 1.22. The third-order valence-electron chi connectivity index (χ3n) is 1.53. The molecular weight excluding hydrogens is 231 g/mol. The highest BCUT2D eigenvalue weighted by Crippen LogP contribution is 2.20. The number of fused-ring (bicyclic) bond motifs is 1. The van der Waals surface area contributed by atoms with Gasteiger partial charge in [0.2, 0.25) is 5.28 Å². The molecule has 4 heteroatoms. The Labute approximate surface area is 100 Å². The normalized spacial score (nSPS) is 8.80. The number of para-hydroxylation sites is 1. The molecule has 0 amide bonds. The van der Waals surface area contributed by atoms with Gasteiger partial charge < -0.3 is 0 Å². The molecule has 1 aromatic carbocycles. The minimum atomic E-state index is 0. The Balaban J connectivity index is 0.000000617. The van der Waals surface area contributed by atoms with E-state index in [9.17, 15) is 0 Å². The van der Waals surface area contributed by atoms with E-state index in [4.69, 9.17) is 23.2 Å². The predicted molar refractivity (Wildman–Crippen MR) is 67.6 cm³/mol. The van der Waals surface area contributed by atoms with Gasteiger partial charge in [0.25, 0.3) is 0 Å². The largest absolute Gasteiger partial charge is 0.224 e. The summed E-state index contributed by atoms with van der Waals surface area (Å²) in [5.41, 5.74) is 0.766. The van der Waals surface area contributed by atoms with E-state index in [1.54, 1.807) is 0 Å². The first kappa shape index (κ1) is 14.1. The van der Waals surface area contributed by atoms with Gasteiger partial charge in [0.05, 0.1) is 5.52 Å². The van der Waals surface area contributed by atoms with Gasteiger partial charge >= 0.3 is 0 Å². The molecule has 0 aliphatic rings. The maximum absolute atomic E-state index is 5.83. The minimum absolute atomic E-state index is 0. The summed E-state index contributed by atoms with van der Waals surface area (Å²) >= 11 is 11.4. The molecule has 1 heterocycles. The topological polar surface area (TPSA) is 25.8 Å². The van der Waals surface area contributed by atoms with Gasteiger partial charge in [-0.2, -0.15) is 0 Å². The second-order valence-corrected chi connectivity index (χ2v) is 3.00. The molecule has 82 valence electrons. The van der Waals surface area contributed by atoms with Crippen molar-refractivity contribution >= 4 is 34.1 Å². The van der Waals surface area contributed by atoms with Crippen molar-refractivity contribution < 1.29 is 0 Å². The Morgan fingerprint density at radius 2 is 1.60 bits per heavy atom. The summed E-state index contributed by atoms with van der Waals surface area (Å²) in [6.45, 7) is 4.00. The summed E-state index contributed by atoms with van der Waals surface area (Å²) in [4.78, 5) is 7.83. The molecular formula is C11H14Cl2N2. The van der Waals surface area contributed by atoms with E-state index in [1.807, 2.05) is 38.1 Å². The lowest BCUT2D eigenvalue weighted by atomic mass is 10.2. The first-order valence-electron chi connectivity index (χ1n) is 4.35. The Morgan fingerprint density at radius 1 is 1.00 bits per heavy atom. The molecule has 2 aromatic rings. The first-order chi connectivity index (χ1) is 6.77. The molecule has 0 bridgehead atoms. The Bertz CT molecular complexity index is 430. The maximum Gasteiger partial charge on any atom is 0.224 e. The van der Waals surface area contributed by atoms with Gasteiger partial charge in [-0.15, -0.1) is 0 Å². The second kappa shape index (κ2) is 6.59. The van der Waals surface area contributed by atoms with Gasteiger partial charge in [0.1, 0.15) is 5.15 Å². The fourth-order valence-corrected chi connectivity index (χ4v) is 1.47. The van der Waals surface area contributed by atoms with Crippen molar-refractivity contribution in [1.29, 1.82) is 0 Å². The van der Waals surface area contributed by atoms with Gasteiger partial charge in [-0.25, -0.2) is 9.97 Å². The van der Waals surface area contributed by atoms with E-state index in [2.05, 4.69) is 9.97 Å². The number of benzene rings is 1. The number of aromatic nitrogens is 2. The minimum Gasteiger partial charge on any atom is -0.218 e. The SMILES string of the molecule is C.CC.Clc1nc(Cl)c2ccccc2n1. The maximum atomic E-state index is 5.83. The second-order valence-electron chi connectivity index (χ2n) is 2.30. The summed E-state index contributed by atoms with van der Waals surface area (Å²) in [6.07, 6.45) is 0. The number of halogens is 2. The molecule has 0 aliphatic heterocycles. The Kier molecular flexibility index (Phi) is 6.21. The standard InChI is InChI=1S/C8H4Cl2N2.C2H6.CH4/c9-7-5-3-1-2-4-6(5)11-8(10)12-7;1-2;/h1-4H;1-2H3;1H4. The fraction of sp³-hybridized carbons (Fsp3) is 0.273. The van der Waals surface area contributed by atoms with Crippen LogP contribution in [0.15, 0.2) is 24.3 Å². The van der Waals surface area contributed by atoms with Crippen LogP contribution >= 0.6 is 23.2 Å². The van der Waals surface area contributed by atoms with Gasteiger partial charge in [0, 0.05) is 5.39 Å².